The van der Waals surface area contributed by atoms with Gasteiger partial charge in [0.05, 0.1) is 33.2 Å². The van der Waals surface area contributed by atoms with Crippen LogP contribution >= 0.6 is 39.3 Å². The molecule has 0 atom stereocenters. The molecule has 1 fully saturated rings. The van der Waals surface area contributed by atoms with Crippen molar-refractivity contribution >= 4 is 74.1 Å². The van der Waals surface area contributed by atoms with E-state index in [1.54, 1.807) is 31.2 Å². The number of carbonyl (C=O) groups is 4. The molecule has 1 aliphatic heterocycles. The Morgan fingerprint density at radius 1 is 1.05 bits per heavy atom. The summed E-state index contributed by atoms with van der Waals surface area (Å²) >= 11 is 10.2. The van der Waals surface area contributed by atoms with Crippen LogP contribution in [0.2, 0.25) is 5.02 Å². The van der Waals surface area contributed by atoms with Gasteiger partial charge >= 0.3 is 5.97 Å². The Balaban J connectivity index is 1.46. The SMILES string of the molecule is CCOC(=O)c1cc(NC(=O)CN2C(=O)S/C(=C\c3cc(Br)c(OCc4ccc(F)cc4)c(OCC)c3)C2=O)ccc1Cl. The summed E-state index contributed by atoms with van der Waals surface area (Å²) in [6.07, 6.45) is 1.52. The van der Waals surface area contributed by atoms with Gasteiger partial charge in [-0.3, -0.25) is 19.3 Å². The number of nitrogens with zero attached hydrogens (tertiary/aromatic N) is 1. The van der Waals surface area contributed by atoms with E-state index in [2.05, 4.69) is 21.2 Å². The lowest BCUT2D eigenvalue weighted by atomic mass is 10.1. The number of benzene rings is 3. The molecule has 3 aromatic rings. The third kappa shape index (κ3) is 8.15. The van der Waals surface area contributed by atoms with Crippen molar-refractivity contribution in [2.75, 3.05) is 25.1 Å². The van der Waals surface area contributed by atoms with Gasteiger partial charge in [0.2, 0.25) is 5.91 Å². The highest BCUT2D eigenvalue weighted by atomic mass is 79.9. The predicted molar refractivity (Wildman–Crippen MR) is 165 cm³/mol. The van der Waals surface area contributed by atoms with Crippen LogP contribution in [0.15, 0.2) is 64.0 Å². The molecule has 224 valence electrons. The monoisotopic (exact) mass is 690 g/mol. The minimum atomic E-state index is -0.648. The van der Waals surface area contributed by atoms with Gasteiger partial charge in [-0.1, -0.05) is 23.7 Å². The molecule has 3 amide bonds. The molecule has 43 heavy (non-hydrogen) atoms. The van der Waals surface area contributed by atoms with Gasteiger partial charge in [0, 0.05) is 5.69 Å². The maximum absolute atomic E-state index is 13.2. The third-order valence-electron chi connectivity index (χ3n) is 5.85. The fourth-order valence-corrected chi connectivity index (χ4v) is 5.52. The summed E-state index contributed by atoms with van der Waals surface area (Å²) in [6.45, 7) is 3.58. The largest absolute Gasteiger partial charge is 0.490 e. The Morgan fingerprint density at radius 2 is 1.79 bits per heavy atom. The number of carbonyl (C=O) groups excluding carboxylic acids is 4. The molecule has 0 spiro atoms. The fraction of sp³-hybridized carbons (Fsp3) is 0.200. The predicted octanol–water partition coefficient (Wildman–Crippen LogP) is 7.07. The Morgan fingerprint density at radius 3 is 2.49 bits per heavy atom. The van der Waals surface area contributed by atoms with Gasteiger partial charge < -0.3 is 19.5 Å². The number of nitrogens with one attached hydrogen (secondary N) is 1. The van der Waals surface area contributed by atoms with Crippen LogP contribution in [0.4, 0.5) is 14.9 Å². The summed E-state index contributed by atoms with van der Waals surface area (Å²) < 4.78 is 30.4. The first kappa shape index (κ1) is 32.1. The summed E-state index contributed by atoms with van der Waals surface area (Å²) in [7, 11) is 0. The number of amides is 3. The van der Waals surface area contributed by atoms with Crippen molar-refractivity contribution in [3.8, 4) is 11.5 Å². The smallest absolute Gasteiger partial charge is 0.339 e. The number of rotatable bonds is 11. The molecule has 1 saturated heterocycles. The van der Waals surface area contributed by atoms with Gasteiger partial charge in [0.1, 0.15) is 19.0 Å². The number of halogens is 3. The molecule has 0 bridgehead atoms. The molecule has 0 unspecified atom stereocenters. The maximum atomic E-state index is 13.2. The van der Waals surface area contributed by atoms with Crippen LogP contribution in [0, 0.1) is 5.82 Å². The van der Waals surface area contributed by atoms with Crippen molar-refractivity contribution in [1.29, 1.82) is 0 Å². The molecule has 0 saturated carbocycles. The van der Waals surface area contributed by atoms with Gasteiger partial charge in [-0.05, 0) is 101 Å². The van der Waals surface area contributed by atoms with Crippen molar-refractivity contribution in [2.24, 2.45) is 0 Å². The number of thioether (sulfide) groups is 1. The summed E-state index contributed by atoms with van der Waals surface area (Å²) in [5.74, 6) is -1.47. The van der Waals surface area contributed by atoms with Crippen molar-refractivity contribution < 1.29 is 37.8 Å². The number of hydrogen-bond acceptors (Lipinski definition) is 8. The third-order valence-corrected chi connectivity index (χ3v) is 7.67. The van der Waals surface area contributed by atoms with E-state index in [0.29, 0.717) is 39.9 Å². The Labute approximate surface area is 264 Å². The van der Waals surface area contributed by atoms with Crippen molar-refractivity contribution in [1.82, 2.24) is 4.90 Å². The first-order valence-electron chi connectivity index (χ1n) is 12.9. The zero-order valence-electron chi connectivity index (χ0n) is 22.9. The first-order chi connectivity index (χ1) is 20.6. The maximum Gasteiger partial charge on any atom is 0.339 e. The lowest BCUT2D eigenvalue weighted by molar-refractivity contribution is -0.127. The Bertz CT molecular complexity index is 1600. The molecular formula is C30H25BrClFN2O7S. The van der Waals surface area contributed by atoms with Gasteiger partial charge in [-0.2, -0.15) is 0 Å². The Kier molecular flexibility index (Phi) is 10.8. The summed E-state index contributed by atoms with van der Waals surface area (Å²) in [4.78, 5) is 51.5. The van der Waals surface area contributed by atoms with Crippen LogP contribution in [0.1, 0.15) is 35.3 Å². The lowest BCUT2D eigenvalue weighted by Crippen LogP contribution is -2.36. The number of imide groups is 1. The zero-order valence-corrected chi connectivity index (χ0v) is 26.1. The molecule has 0 aromatic heterocycles. The molecule has 3 aromatic carbocycles. The number of anilines is 1. The second kappa shape index (κ2) is 14.5. The van der Waals surface area contributed by atoms with Gasteiger partial charge in [0.15, 0.2) is 11.5 Å². The average Bonchev–Trinajstić information content (AvgIpc) is 3.22. The normalized spacial score (nSPS) is 13.8. The number of esters is 1. The number of hydrogen-bond donors (Lipinski definition) is 1. The minimum absolute atomic E-state index is 0.0693. The van der Waals surface area contributed by atoms with Crippen molar-refractivity contribution in [3.63, 3.8) is 0 Å². The molecule has 1 aliphatic rings. The summed E-state index contributed by atoms with van der Waals surface area (Å²) in [5.41, 5.74) is 1.62. The van der Waals surface area contributed by atoms with E-state index in [1.165, 1.54) is 36.4 Å². The zero-order chi connectivity index (χ0) is 31.1. The highest BCUT2D eigenvalue weighted by Gasteiger charge is 2.36. The van der Waals surface area contributed by atoms with E-state index < -0.39 is 29.6 Å². The van der Waals surface area contributed by atoms with E-state index in [-0.39, 0.29) is 40.2 Å². The standard InChI is InChI=1S/C30H25BrClFN2O7S/c1-3-40-24-12-18(11-22(31)27(24)42-16-17-5-7-19(33)8-6-17)13-25-28(37)35(30(39)43-25)15-26(36)34-20-9-10-23(32)21(14-20)29(38)41-4-2/h5-14H,3-4,15-16H2,1-2H3,(H,34,36)/b25-13-. The van der Waals surface area contributed by atoms with Crippen LogP contribution in [-0.4, -0.2) is 47.7 Å². The molecule has 1 heterocycles. The molecule has 4 rings (SSSR count). The van der Waals surface area contributed by atoms with Crippen LogP contribution in [0.3, 0.4) is 0 Å². The van der Waals surface area contributed by atoms with E-state index in [0.717, 1.165) is 10.5 Å². The molecule has 0 radical (unpaired) electrons. The van der Waals surface area contributed by atoms with E-state index in [4.69, 9.17) is 25.8 Å². The summed E-state index contributed by atoms with van der Waals surface area (Å²) in [5, 5.41) is 2.10. The Hall–Kier alpha value is -3.87. The second-order valence-electron chi connectivity index (χ2n) is 8.91. The highest BCUT2D eigenvalue weighted by Crippen LogP contribution is 2.40. The number of ether oxygens (including phenoxy) is 3. The van der Waals surface area contributed by atoms with Gasteiger partial charge in [-0.25, -0.2) is 9.18 Å². The lowest BCUT2D eigenvalue weighted by Gasteiger charge is -2.15. The van der Waals surface area contributed by atoms with Crippen LogP contribution in [0.25, 0.3) is 6.08 Å². The highest BCUT2D eigenvalue weighted by molar-refractivity contribution is 9.10. The second-order valence-corrected chi connectivity index (χ2v) is 11.2. The molecule has 1 N–H and O–H groups in total. The summed E-state index contributed by atoms with van der Waals surface area (Å²) in [6, 6.07) is 13.5. The minimum Gasteiger partial charge on any atom is -0.490 e. The van der Waals surface area contributed by atoms with Crippen molar-refractivity contribution in [3.05, 3.63) is 91.5 Å². The molecule has 13 heteroatoms. The van der Waals surface area contributed by atoms with Crippen LogP contribution in [-0.2, 0) is 20.9 Å². The van der Waals surface area contributed by atoms with E-state index in [1.807, 2.05) is 6.92 Å². The van der Waals surface area contributed by atoms with Gasteiger partial charge in [-0.15, -0.1) is 0 Å². The van der Waals surface area contributed by atoms with Crippen molar-refractivity contribution in [2.45, 2.75) is 20.5 Å². The fourth-order valence-electron chi connectivity index (χ4n) is 3.91. The van der Waals surface area contributed by atoms with Crippen LogP contribution in [0.5, 0.6) is 11.5 Å². The quantitative estimate of drug-likeness (QED) is 0.168. The van der Waals surface area contributed by atoms with Gasteiger partial charge in [0.25, 0.3) is 11.1 Å². The van der Waals surface area contributed by atoms with Crippen LogP contribution < -0.4 is 14.8 Å². The van der Waals surface area contributed by atoms with E-state index in [9.17, 15) is 23.6 Å². The van der Waals surface area contributed by atoms with E-state index >= 15 is 0 Å². The topological polar surface area (TPSA) is 111 Å². The molecule has 9 nitrogen and oxygen atoms in total. The average molecular weight is 692 g/mol. The first-order valence-corrected chi connectivity index (χ1v) is 14.9. The molecular weight excluding hydrogens is 667 g/mol. The molecule has 0 aliphatic carbocycles.